The normalized spacial score (nSPS) is 13.7. The van der Waals surface area contributed by atoms with Crippen LogP contribution in [0.4, 0.5) is 0 Å². The van der Waals surface area contributed by atoms with Gasteiger partial charge in [-0.15, -0.1) is 0 Å². The van der Waals surface area contributed by atoms with Crippen LogP contribution in [-0.2, 0) is 16.3 Å². The molecule has 0 spiro atoms. The Bertz CT molecular complexity index is 492. The maximum Gasteiger partial charge on any atom is 0.152 e. The molecule has 1 unspecified atom stereocenters. The van der Waals surface area contributed by atoms with E-state index in [0.717, 1.165) is 18.4 Å². The van der Waals surface area contributed by atoms with Crippen molar-refractivity contribution in [3.05, 3.63) is 35.4 Å². The van der Waals surface area contributed by atoms with Gasteiger partial charge in [0.1, 0.15) is 0 Å². The van der Waals surface area contributed by atoms with Crippen LogP contribution >= 0.6 is 0 Å². The van der Waals surface area contributed by atoms with Gasteiger partial charge in [0.15, 0.2) is 9.84 Å². The molecule has 1 atom stereocenters. The van der Waals surface area contributed by atoms with E-state index in [1.54, 1.807) is 0 Å². The van der Waals surface area contributed by atoms with Crippen molar-refractivity contribution >= 4 is 9.84 Å². The third-order valence-corrected chi connectivity index (χ3v) is 5.11. The third-order valence-electron chi connectivity index (χ3n) is 3.39. The highest BCUT2D eigenvalue weighted by atomic mass is 32.2. The van der Waals surface area contributed by atoms with E-state index >= 15 is 0 Å². The van der Waals surface area contributed by atoms with Gasteiger partial charge >= 0.3 is 0 Å². The first-order valence-corrected chi connectivity index (χ1v) is 9.21. The number of benzene rings is 1. The topological polar surface area (TPSA) is 60.2 Å². The quantitative estimate of drug-likeness (QED) is 0.802. The zero-order valence-corrected chi connectivity index (χ0v) is 13.6. The maximum atomic E-state index is 12.0. The second-order valence-corrected chi connectivity index (χ2v) is 8.12. The van der Waals surface area contributed by atoms with Crippen LogP contribution in [0.2, 0.25) is 0 Å². The minimum Gasteiger partial charge on any atom is -0.323 e. The lowest BCUT2D eigenvalue weighted by atomic mass is 10.0. The first-order chi connectivity index (χ1) is 9.34. The van der Waals surface area contributed by atoms with Crippen molar-refractivity contribution in [3.8, 4) is 0 Å². The molecule has 0 saturated heterocycles. The Morgan fingerprint density at radius 1 is 1.15 bits per heavy atom. The Kier molecular flexibility index (Phi) is 6.69. The summed E-state index contributed by atoms with van der Waals surface area (Å²) in [7, 11) is -3.07. The number of aryl methyl sites for hydroxylation is 1. The Morgan fingerprint density at radius 3 is 2.25 bits per heavy atom. The van der Waals surface area contributed by atoms with Crippen LogP contribution in [0.15, 0.2) is 24.3 Å². The van der Waals surface area contributed by atoms with Gasteiger partial charge in [0.25, 0.3) is 0 Å². The van der Waals surface area contributed by atoms with Crippen LogP contribution in [0.25, 0.3) is 0 Å². The summed E-state index contributed by atoms with van der Waals surface area (Å²) in [4.78, 5) is 0. The van der Waals surface area contributed by atoms with E-state index in [-0.39, 0.29) is 11.5 Å². The first kappa shape index (κ1) is 17.2. The molecule has 20 heavy (non-hydrogen) atoms. The standard InChI is InChI=1S/C16H27NO2S/c1-4-5-14-6-8-15(9-7-14)16(17)12-20(18,19)11-10-13(2)3/h6-9,13,16H,4-5,10-12,17H2,1-3H3. The summed E-state index contributed by atoms with van der Waals surface area (Å²) in [6, 6.07) is 7.56. The number of sulfone groups is 1. The minimum absolute atomic E-state index is 0.0346. The number of hydrogen-bond acceptors (Lipinski definition) is 3. The van der Waals surface area contributed by atoms with Gasteiger partial charge in [-0.3, -0.25) is 0 Å². The first-order valence-electron chi connectivity index (χ1n) is 7.39. The number of nitrogens with two attached hydrogens (primary N) is 1. The second kappa shape index (κ2) is 7.79. The van der Waals surface area contributed by atoms with E-state index in [1.165, 1.54) is 5.56 Å². The predicted molar refractivity (Wildman–Crippen MR) is 85.5 cm³/mol. The molecule has 0 saturated carbocycles. The van der Waals surface area contributed by atoms with Gasteiger partial charge < -0.3 is 5.73 Å². The van der Waals surface area contributed by atoms with Crippen LogP contribution in [-0.4, -0.2) is 19.9 Å². The molecular weight excluding hydrogens is 270 g/mol. The SMILES string of the molecule is CCCc1ccc(C(N)CS(=O)(=O)CCC(C)C)cc1. The fourth-order valence-electron chi connectivity index (χ4n) is 2.09. The average molecular weight is 297 g/mol. The molecule has 0 bridgehead atoms. The fourth-order valence-corrected chi connectivity index (χ4v) is 3.83. The van der Waals surface area contributed by atoms with Gasteiger partial charge in [-0.2, -0.15) is 0 Å². The highest BCUT2D eigenvalue weighted by molar-refractivity contribution is 7.91. The molecule has 1 aromatic rings. The maximum absolute atomic E-state index is 12.0. The van der Waals surface area contributed by atoms with Gasteiger partial charge in [-0.1, -0.05) is 51.5 Å². The smallest absolute Gasteiger partial charge is 0.152 e. The third kappa shape index (κ3) is 6.06. The summed E-state index contributed by atoms with van der Waals surface area (Å²) in [5.41, 5.74) is 8.20. The molecule has 0 radical (unpaired) electrons. The zero-order valence-electron chi connectivity index (χ0n) is 12.8. The van der Waals surface area contributed by atoms with Crippen LogP contribution in [0.5, 0.6) is 0 Å². The average Bonchev–Trinajstić information content (AvgIpc) is 2.37. The van der Waals surface area contributed by atoms with Crippen molar-refractivity contribution in [1.29, 1.82) is 0 Å². The highest BCUT2D eigenvalue weighted by Crippen LogP contribution is 2.16. The molecule has 114 valence electrons. The fraction of sp³-hybridized carbons (Fsp3) is 0.625. The Balaban J connectivity index is 2.63. The molecule has 0 aliphatic heterocycles. The highest BCUT2D eigenvalue weighted by Gasteiger charge is 2.18. The van der Waals surface area contributed by atoms with Crippen molar-refractivity contribution in [3.63, 3.8) is 0 Å². The summed E-state index contributed by atoms with van der Waals surface area (Å²) in [5.74, 6) is 0.661. The van der Waals surface area contributed by atoms with Gasteiger partial charge in [-0.05, 0) is 29.9 Å². The molecule has 0 aromatic heterocycles. The van der Waals surface area contributed by atoms with Crippen LogP contribution in [0.1, 0.15) is 50.8 Å². The molecule has 0 heterocycles. The lowest BCUT2D eigenvalue weighted by Crippen LogP contribution is -2.24. The molecule has 0 amide bonds. The molecular formula is C16H27NO2S. The van der Waals surface area contributed by atoms with E-state index in [4.69, 9.17) is 5.73 Å². The molecule has 1 rings (SSSR count). The van der Waals surface area contributed by atoms with E-state index in [9.17, 15) is 8.42 Å². The van der Waals surface area contributed by atoms with Crippen LogP contribution < -0.4 is 5.73 Å². The van der Waals surface area contributed by atoms with Crippen molar-refractivity contribution in [1.82, 2.24) is 0 Å². The lowest BCUT2D eigenvalue weighted by Gasteiger charge is -2.14. The largest absolute Gasteiger partial charge is 0.323 e. The molecule has 0 aliphatic rings. The molecule has 3 nitrogen and oxygen atoms in total. The molecule has 0 aliphatic carbocycles. The van der Waals surface area contributed by atoms with Crippen molar-refractivity contribution in [2.45, 2.75) is 46.1 Å². The summed E-state index contributed by atoms with van der Waals surface area (Å²) < 4.78 is 24.0. The molecule has 1 aromatic carbocycles. The molecule has 0 fully saturated rings. The van der Waals surface area contributed by atoms with Gasteiger partial charge in [0.05, 0.1) is 11.5 Å². The minimum atomic E-state index is -3.07. The van der Waals surface area contributed by atoms with Crippen molar-refractivity contribution in [2.24, 2.45) is 11.7 Å². The van der Waals surface area contributed by atoms with Gasteiger partial charge in [0, 0.05) is 6.04 Å². The summed E-state index contributed by atoms with van der Waals surface area (Å²) >= 11 is 0. The second-order valence-electron chi connectivity index (χ2n) is 5.89. The Hall–Kier alpha value is -0.870. The van der Waals surface area contributed by atoms with Crippen molar-refractivity contribution in [2.75, 3.05) is 11.5 Å². The van der Waals surface area contributed by atoms with Gasteiger partial charge in [-0.25, -0.2) is 8.42 Å². The van der Waals surface area contributed by atoms with E-state index in [1.807, 2.05) is 38.1 Å². The van der Waals surface area contributed by atoms with Crippen LogP contribution in [0, 0.1) is 5.92 Å². The zero-order chi connectivity index (χ0) is 15.2. The molecule has 4 heteroatoms. The summed E-state index contributed by atoms with van der Waals surface area (Å²) in [5, 5.41) is 0. The number of hydrogen-bond donors (Lipinski definition) is 1. The Labute approximate surface area is 123 Å². The van der Waals surface area contributed by atoms with E-state index < -0.39 is 15.9 Å². The monoisotopic (exact) mass is 297 g/mol. The Morgan fingerprint density at radius 2 is 1.75 bits per heavy atom. The molecule has 2 N–H and O–H groups in total. The van der Waals surface area contributed by atoms with Crippen LogP contribution in [0.3, 0.4) is 0 Å². The number of rotatable bonds is 8. The van der Waals surface area contributed by atoms with E-state index in [0.29, 0.717) is 12.3 Å². The van der Waals surface area contributed by atoms with Gasteiger partial charge in [0.2, 0.25) is 0 Å². The van der Waals surface area contributed by atoms with E-state index in [2.05, 4.69) is 6.92 Å². The lowest BCUT2D eigenvalue weighted by molar-refractivity contribution is 0.568. The summed E-state index contributed by atoms with van der Waals surface area (Å²) in [6.45, 7) is 6.20. The summed E-state index contributed by atoms with van der Waals surface area (Å²) in [6.07, 6.45) is 2.85. The van der Waals surface area contributed by atoms with Crippen molar-refractivity contribution < 1.29 is 8.42 Å². The predicted octanol–water partition coefficient (Wildman–Crippen LogP) is 3.10.